The standard InChI is InChI=1S/C44H86N3O4.HI/c1-4-6-8-10-12-14-16-18-20-22-24-26-28-30-32-34-36-45-50-40-38-47(3,42-44(49)43-48)39-41-51-46-37-35-33-31-29-27-25-23-21-19-17-15-13-11-9-7-5-2;/h18-21,36-37,44,48-49H,4-17,22-35,38-43H2,1-3H3;1H/q+1;/p-1/b20-18-,21-19-,45-36+,46-37+;. The number of aliphatic hydroxyl groups excluding tert-OH is 2. The Hall–Kier alpha value is -0.970. The Bertz CT molecular complexity index is 752. The van der Waals surface area contributed by atoms with Crippen LogP contribution in [0.15, 0.2) is 34.6 Å². The van der Waals surface area contributed by atoms with Gasteiger partial charge in [0.25, 0.3) is 0 Å². The lowest BCUT2D eigenvalue weighted by Crippen LogP contribution is -3.00. The van der Waals surface area contributed by atoms with Crippen LogP contribution >= 0.6 is 0 Å². The van der Waals surface area contributed by atoms with Gasteiger partial charge in [0, 0.05) is 12.4 Å². The maximum absolute atomic E-state index is 10.1. The van der Waals surface area contributed by atoms with Crippen LogP contribution in [0.3, 0.4) is 0 Å². The molecule has 0 heterocycles. The van der Waals surface area contributed by atoms with Crippen molar-refractivity contribution in [2.45, 2.75) is 200 Å². The third-order valence-corrected chi connectivity index (χ3v) is 9.80. The molecule has 0 aliphatic carbocycles. The fourth-order valence-corrected chi connectivity index (χ4v) is 6.31. The fraction of sp³-hybridized carbons (Fsp3) is 0.864. The molecule has 0 spiro atoms. The Balaban J connectivity index is 0. The van der Waals surface area contributed by atoms with Gasteiger partial charge >= 0.3 is 0 Å². The Morgan fingerprint density at radius 1 is 0.500 bits per heavy atom. The van der Waals surface area contributed by atoms with E-state index in [-0.39, 0.29) is 30.6 Å². The lowest BCUT2D eigenvalue weighted by Gasteiger charge is -2.34. The zero-order valence-electron chi connectivity index (χ0n) is 34.5. The predicted molar refractivity (Wildman–Crippen MR) is 222 cm³/mol. The van der Waals surface area contributed by atoms with Crippen molar-refractivity contribution >= 4 is 12.4 Å². The number of rotatable bonds is 41. The highest BCUT2D eigenvalue weighted by atomic mass is 127. The van der Waals surface area contributed by atoms with E-state index in [4.69, 9.17) is 9.68 Å². The van der Waals surface area contributed by atoms with Crippen molar-refractivity contribution in [1.82, 2.24) is 0 Å². The molecular weight excluding hydrogens is 761 g/mol. The zero-order chi connectivity index (χ0) is 37.2. The highest BCUT2D eigenvalue weighted by molar-refractivity contribution is 5.56. The fourth-order valence-electron chi connectivity index (χ4n) is 6.31. The summed E-state index contributed by atoms with van der Waals surface area (Å²) >= 11 is 0. The van der Waals surface area contributed by atoms with Crippen molar-refractivity contribution in [3.63, 3.8) is 0 Å². The zero-order valence-corrected chi connectivity index (χ0v) is 36.7. The van der Waals surface area contributed by atoms with Gasteiger partial charge in [0.2, 0.25) is 0 Å². The van der Waals surface area contributed by atoms with E-state index in [2.05, 4.69) is 55.5 Å². The molecule has 0 aromatic heterocycles. The van der Waals surface area contributed by atoms with Crippen molar-refractivity contribution in [2.75, 3.05) is 46.5 Å². The second-order valence-corrected chi connectivity index (χ2v) is 15.1. The van der Waals surface area contributed by atoms with Gasteiger partial charge in [-0.15, -0.1) is 0 Å². The summed E-state index contributed by atoms with van der Waals surface area (Å²) < 4.78 is 0.523. The normalized spacial score (nSPS) is 12.9. The van der Waals surface area contributed by atoms with E-state index < -0.39 is 6.10 Å². The number of quaternary nitrogens is 1. The summed E-state index contributed by atoms with van der Waals surface area (Å²) in [5.74, 6) is 0. The summed E-state index contributed by atoms with van der Waals surface area (Å²) in [7, 11) is 2.05. The molecule has 0 fully saturated rings. The molecule has 308 valence electrons. The average Bonchev–Trinajstić information content (AvgIpc) is 3.13. The molecule has 0 saturated heterocycles. The lowest BCUT2D eigenvalue weighted by molar-refractivity contribution is -0.913. The van der Waals surface area contributed by atoms with E-state index in [0.717, 1.165) is 25.7 Å². The first-order valence-electron chi connectivity index (χ1n) is 21.8. The Morgan fingerprint density at radius 3 is 1.13 bits per heavy atom. The van der Waals surface area contributed by atoms with Crippen molar-refractivity contribution < 1.29 is 48.3 Å². The number of hydrogen-bond donors (Lipinski definition) is 2. The topological polar surface area (TPSA) is 83.6 Å². The summed E-state index contributed by atoms with van der Waals surface area (Å²) in [6.45, 7) is 6.98. The highest BCUT2D eigenvalue weighted by Gasteiger charge is 2.25. The van der Waals surface area contributed by atoms with Crippen LogP contribution in [0.5, 0.6) is 0 Å². The van der Waals surface area contributed by atoms with Gasteiger partial charge in [-0.05, 0) is 77.0 Å². The van der Waals surface area contributed by atoms with Crippen molar-refractivity contribution in [1.29, 1.82) is 0 Å². The van der Waals surface area contributed by atoms with Gasteiger partial charge in [0.15, 0.2) is 13.2 Å². The molecule has 0 rings (SSSR count). The van der Waals surface area contributed by atoms with Crippen LogP contribution in [0.25, 0.3) is 0 Å². The van der Waals surface area contributed by atoms with E-state index in [1.165, 1.54) is 154 Å². The number of nitrogens with zero attached hydrogens (tertiary/aromatic N) is 3. The maximum Gasteiger partial charge on any atom is 0.165 e. The maximum atomic E-state index is 10.1. The summed E-state index contributed by atoms with van der Waals surface area (Å²) in [5, 5.41) is 27.8. The Kier molecular flexibility index (Phi) is 45.4. The number of unbranched alkanes of at least 4 members (excludes halogenated alkanes) is 24. The van der Waals surface area contributed by atoms with Crippen LogP contribution in [0.2, 0.25) is 0 Å². The van der Waals surface area contributed by atoms with Gasteiger partial charge in [0.1, 0.15) is 25.7 Å². The first kappa shape index (κ1) is 53.1. The summed E-state index contributed by atoms with van der Waals surface area (Å²) in [6, 6.07) is 0. The van der Waals surface area contributed by atoms with Crippen molar-refractivity contribution in [3.8, 4) is 0 Å². The molecule has 52 heavy (non-hydrogen) atoms. The van der Waals surface area contributed by atoms with Crippen LogP contribution < -0.4 is 24.0 Å². The lowest BCUT2D eigenvalue weighted by atomic mass is 10.1. The molecule has 0 aromatic rings. The van der Waals surface area contributed by atoms with E-state index in [1.807, 2.05) is 12.4 Å². The quantitative estimate of drug-likeness (QED) is 0.0161. The van der Waals surface area contributed by atoms with Gasteiger partial charge in [-0.1, -0.05) is 151 Å². The van der Waals surface area contributed by atoms with Gasteiger partial charge in [-0.25, -0.2) is 0 Å². The van der Waals surface area contributed by atoms with Crippen LogP contribution in [0.4, 0.5) is 0 Å². The SMILES string of the molecule is CCCCCCCC/C=C\CCCCCCC/C=N/OCC[N+](C)(CCO/N=C/CCCCCCC/C=C\CCCCCCCC)CC(O)CO.[I-]. The summed E-state index contributed by atoms with van der Waals surface area (Å²) in [6.07, 6.45) is 48.4. The van der Waals surface area contributed by atoms with E-state index >= 15 is 0 Å². The van der Waals surface area contributed by atoms with Crippen molar-refractivity contribution in [3.05, 3.63) is 24.3 Å². The number of halogens is 1. The summed E-state index contributed by atoms with van der Waals surface area (Å²) in [5.41, 5.74) is 0. The van der Waals surface area contributed by atoms with E-state index in [9.17, 15) is 10.2 Å². The molecule has 0 aromatic carbocycles. The minimum Gasteiger partial charge on any atom is -1.00 e. The molecule has 1 atom stereocenters. The molecule has 0 aliphatic heterocycles. The molecule has 1 unspecified atom stereocenters. The third kappa shape index (κ3) is 41.8. The highest BCUT2D eigenvalue weighted by Crippen LogP contribution is 2.12. The van der Waals surface area contributed by atoms with E-state index in [0.29, 0.717) is 37.3 Å². The first-order valence-corrected chi connectivity index (χ1v) is 21.8. The number of hydrogen-bond acceptors (Lipinski definition) is 6. The van der Waals surface area contributed by atoms with Crippen LogP contribution in [-0.4, -0.2) is 79.7 Å². The number of allylic oxidation sites excluding steroid dienone is 4. The molecule has 0 amide bonds. The molecule has 0 saturated carbocycles. The van der Waals surface area contributed by atoms with E-state index in [1.54, 1.807) is 0 Å². The van der Waals surface area contributed by atoms with Gasteiger partial charge in [-0.3, -0.25) is 0 Å². The van der Waals surface area contributed by atoms with Gasteiger partial charge in [0.05, 0.1) is 13.7 Å². The molecule has 8 heteroatoms. The first-order chi connectivity index (χ1) is 25.1. The summed E-state index contributed by atoms with van der Waals surface area (Å²) in [4.78, 5) is 11.1. The van der Waals surface area contributed by atoms with Crippen molar-refractivity contribution in [2.24, 2.45) is 10.3 Å². The second kappa shape index (κ2) is 44.4. The minimum absolute atomic E-state index is 0. The molecular formula is C44H86IN3O4. The minimum atomic E-state index is -0.774. The molecule has 0 aliphatic rings. The monoisotopic (exact) mass is 848 g/mol. The molecule has 0 radical (unpaired) electrons. The smallest absolute Gasteiger partial charge is 0.165 e. The average molecular weight is 848 g/mol. The molecule has 2 N–H and O–H groups in total. The molecule has 7 nitrogen and oxygen atoms in total. The van der Waals surface area contributed by atoms with Crippen LogP contribution in [-0.2, 0) is 9.68 Å². The number of oxime groups is 2. The van der Waals surface area contributed by atoms with Crippen LogP contribution in [0.1, 0.15) is 194 Å². The molecule has 0 bridgehead atoms. The van der Waals surface area contributed by atoms with Crippen LogP contribution in [0, 0.1) is 0 Å². The van der Waals surface area contributed by atoms with Gasteiger partial charge < -0.3 is 48.3 Å². The number of likely N-dealkylation sites (N-methyl/N-ethyl adjacent to an activating group) is 1. The second-order valence-electron chi connectivity index (χ2n) is 15.1. The van der Waals surface area contributed by atoms with Gasteiger partial charge in [-0.2, -0.15) is 0 Å². The Labute approximate surface area is 340 Å². The third-order valence-electron chi connectivity index (χ3n) is 9.80. The Morgan fingerprint density at radius 2 is 0.808 bits per heavy atom. The number of aliphatic hydroxyl groups is 2. The largest absolute Gasteiger partial charge is 1.00 e. The predicted octanol–water partition coefficient (Wildman–Crippen LogP) is 8.87.